The summed E-state index contributed by atoms with van der Waals surface area (Å²) >= 11 is 1.82. The summed E-state index contributed by atoms with van der Waals surface area (Å²) in [5.74, 6) is 0.874. The van der Waals surface area contributed by atoms with Crippen molar-refractivity contribution in [3.8, 4) is 0 Å². The molecule has 1 aromatic carbocycles. The number of anilines is 1. The Hall–Kier alpha value is -0.750. The van der Waals surface area contributed by atoms with Gasteiger partial charge < -0.3 is 15.8 Å². The molecule has 0 fully saturated rings. The fourth-order valence-corrected chi connectivity index (χ4v) is 1.90. The summed E-state index contributed by atoms with van der Waals surface area (Å²) in [7, 11) is 1.52. The van der Waals surface area contributed by atoms with E-state index in [-0.39, 0.29) is 24.9 Å². The second-order valence-electron chi connectivity index (χ2n) is 3.99. The average Bonchev–Trinajstić information content (AvgIpc) is 2.38. The normalized spacial score (nSPS) is 11.5. The van der Waals surface area contributed by atoms with E-state index in [0.29, 0.717) is 0 Å². The largest absolute Gasteiger partial charge is 0.383 e. The lowest BCUT2D eigenvalue weighted by molar-refractivity contribution is -0.118. The minimum absolute atomic E-state index is 0. The molecule has 4 nitrogen and oxygen atoms in total. The molecule has 0 aromatic heterocycles. The molecule has 0 bridgehead atoms. The molecule has 19 heavy (non-hydrogen) atoms. The Bertz CT molecular complexity index is 373. The van der Waals surface area contributed by atoms with Crippen LogP contribution in [-0.4, -0.2) is 37.7 Å². The number of methoxy groups -OCH3 is 1. The van der Waals surface area contributed by atoms with Crippen molar-refractivity contribution in [2.45, 2.75) is 12.5 Å². The van der Waals surface area contributed by atoms with Gasteiger partial charge in [-0.1, -0.05) is 12.1 Å². The number of nitrogens with one attached hydrogen (secondary N) is 1. The number of carbonyl (C=O) groups is 1. The molecule has 1 aromatic rings. The van der Waals surface area contributed by atoms with Crippen molar-refractivity contribution in [3.05, 3.63) is 29.8 Å². The SMILES string of the molecule is COCC(N)C(=O)Nc1ccc(CCSC)cc1.Cl. The highest BCUT2D eigenvalue weighted by atomic mass is 35.5. The molecule has 108 valence electrons. The van der Waals surface area contributed by atoms with Gasteiger partial charge in [-0.25, -0.2) is 0 Å². The summed E-state index contributed by atoms with van der Waals surface area (Å²) in [6.45, 7) is 0.220. The van der Waals surface area contributed by atoms with Crippen molar-refractivity contribution in [2.24, 2.45) is 5.73 Å². The van der Waals surface area contributed by atoms with E-state index < -0.39 is 6.04 Å². The lowest BCUT2D eigenvalue weighted by Crippen LogP contribution is -2.39. The third kappa shape index (κ3) is 6.82. The Morgan fingerprint density at radius 3 is 2.58 bits per heavy atom. The van der Waals surface area contributed by atoms with Crippen LogP contribution in [0.3, 0.4) is 0 Å². The predicted molar refractivity (Wildman–Crippen MR) is 84.3 cm³/mol. The zero-order valence-corrected chi connectivity index (χ0v) is 12.9. The Balaban J connectivity index is 0.00000324. The topological polar surface area (TPSA) is 64.3 Å². The molecule has 0 radical (unpaired) electrons. The fourth-order valence-electron chi connectivity index (χ4n) is 1.46. The van der Waals surface area contributed by atoms with Gasteiger partial charge in [0.15, 0.2) is 0 Å². The minimum atomic E-state index is -0.633. The lowest BCUT2D eigenvalue weighted by Gasteiger charge is -2.11. The highest BCUT2D eigenvalue weighted by Gasteiger charge is 2.12. The van der Waals surface area contributed by atoms with E-state index in [9.17, 15) is 4.79 Å². The maximum Gasteiger partial charge on any atom is 0.243 e. The number of halogens is 1. The molecule has 0 aliphatic rings. The molecule has 1 atom stereocenters. The Morgan fingerprint density at radius 2 is 2.05 bits per heavy atom. The first-order valence-corrected chi connectivity index (χ1v) is 7.20. The molecule has 6 heteroatoms. The van der Waals surface area contributed by atoms with Gasteiger partial charge in [0, 0.05) is 12.8 Å². The van der Waals surface area contributed by atoms with E-state index in [1.165, 1.54) is 12.7 Å². The first-order valence-electron chi connectivity index (χ1n) is 5.80. The van der Waals surface area contributed by atoms with Gasteiger partial charge in [0.25, 0.3) is 0 Å². The monoisotopic (exact) mass is 304 g/mol. The molecule has 0 saturated carbocycles. The predicted octanol–water partition coefficient (Wildman–Crippen LogP) is 1.93. The number of thioether (sulfide) groups is 1. The van der Waals surface area contributed by atoms with Crippen LogP contribution >= 0.6 is 24.2 Å². The van der Waals surface area contributed by atoms with Crippen LogP contribution in [0.5, 0.6) is 0 Å². The van der Waals surface area contributed by atoms with Crippen LogP contribution in [0.2, 0.25) is 0 Å². The van der Waals surface area contributed by atoms with Crippen LogP contribution < -0.4 is 11.1 Å². The number of amides is 1. The smallest absolute Gasteiger partial charge is 0.243 e. The third-order valence-corrected chi connectivity index (χ3v) is 3.11. The summed E-state index contributed by atoms with van der Waals surface area (Å²) in [5.41, 5.74) is 7.66. The van der Waals surface area contributed by atoms with E-state index in [1.807, 2.05) is 36.0 Å². The second-order valence-corrected chi connectivity index (χ2v) is 4.98. The number of nitrogens with two attached hydrogens (primary N) is 1. The highest BCUT2D eigenvalue weighted by Crippen LogP contribution is 2.11. The van der Waals surface area contributed by atoms with E-state index in [0.717, 1.165) is 17.9 Å². The quantitative estimate of drug-likeness (QED) is 0.808. The van der Waals surface area contributed by atoms with Crippen molar-refractivity contribution in [2.75, 3.05) is 31.0 Å². The highest BCUT2D eigenvalue weighted by molar-refractivity contribution is 7.98. The van der Waals surface area contributed by atoms with E-state index in [1.54, 1.807) is 0 Å². The summed E-state index contributed by atoms with van der Waals surface area (Å²) in [5, 5.41) is 2.76. The van der Waals surface area contributed by atoms with E-state index >= 15 is 0 Å². The van der Waals surface area contributed by atoms with Gasteiger partial charge >= 0.3 is 0 Å². The number of benzene rings is 1. The maximum atomic E-state index is 11.6. The summed E-state index contributed by atoms with van der Waals surface area (Å²) in [4.78, 5) is 11.6. The molecule has 0 aliphatic heterocycles. The summed E-state index contributed by atoms with van der Waals surface area (Å²) in [6, 6.07) is 7.20. The number of rotatable bonds is 7. The molecule has 0 heterocycles. The molecule has 3 N–H and O–H groups in total. The molecule has 1 unspecified atom stereocenters. The van der Waals surface area contributed by atoms with Gasteiger partial charge in [-0.3, -0.25) is 4.79 Å². The zero-order valence-electron chi connectivity index (χ0n) is 11.2. The second kappa shape index (κ2) is 10.1. The molecule has 1 amide bonds. The molecular weight excluding hydrogens is 284 g/mol. The van der Waals surface area contributed by atoms with Gasteiger partial charge in [-0.15, -0.1) is 12.4 Å². The van der Waals surface area contributed by atoms with Gasteiger partial charge in [0.1, 0.15) is 6.04 Å². The van der Waals surface area contributed by atoms with Crippen LogP contribution in [0.1, 0.15) is 5.56 Å². The lowest BCUT2D eigenvalue weighted by atomic mass is 10.1. The van der Waals surface area contributed by atoms with Gasteiger partial charge in [0.2, 0.25) is 5.91 Å². The van der Waals surface area contributed by atoms with Crippen molar-refractivity contribution in [1.29, 1.82) is 0 Å². The number of ether oxygens (including phenoxy) is 1. The number of aryl methyl sites for hydroxylation is 1. The van der Waals surface area contributed by atoms with Gasteiger partial charge in [0.05, 0.1) is 6.61 Å². The van der Waals surface area contributed by atoms with Crippen LogP contribution in [0.15, 0.2) is 24.3 Å². The third-order valence-electron chi connectivity index (χ3n) is 2.50. The molecule has 0 saturated heterocycles. The van der Waals surface area contributed by atoms with Crippen LogP contribution in [0.25, 0.3) is 0 Å². The van der Waals surface area contributed by atoms with Crippen molar-refractivity contribution < 1.29 is 9.53 Å². The maximum absolute atomic E-state index is 11.6. The first kappa shape index (κ1) is 18.2. The Labute approximate surface area is 124 Å². The molecule has 0 spiro atoms. The number of hydrogen-bond donors (Lipinski definition) is 2. The average molecular weight is 305 g/mol. The standard InChI is InChI=1S/C13H20N2O2S.ClH/c1-17-9-12(14)13(16)15-11-5-3-10(4-6-11)7-8-18-2;/h3-6,12H,7-9,14H2,1-2H3,(H,15,16);1H. The van der Waals surface area contributed by atoms with Crippen LogP contribution in [0, 0.1) is 0 Å². The molecule has 1 rings (SSSR count). The fraction of sp³-hybridized carbons (Fsp3) is 0.462. The zero-order chi connectivity index (χ0) is 13.4. The Kier molecular flexibility index (Phi) is 9.69. The minimum Gasteiger partial charge on any atom is -0.383 e. The van der Waals surface area contributed by atoms with E-state index in [2.05, 4.69) is 11.6 Å². The van der Waals surface area contributed by atoms with Crippen LogP contribution in [-0.2, 0) is 16.0 Å². The van der Waals surface area contributed by atoms with Crippen molar-refractivity contribution in [1.82, 2.24) is 0 Å². The van der Waals surface area contributed by atoms with Crippen molar-refractivity contribution >= 4 is 35.8 Å². The van der Waals surface area contributed by atoms with E-state index in [4.69, 9.17) is 10.5 Å². The van der Waals surface area contributed by atoms with Gasteiger partial charge in [-0.2, -0.15) is 11.8 Å². The summed E-state index contributed by atoms with van der Waals surface area (Å²) < 4.78 is 4.84. The van der Waals surface area contributed by atoms with Crippen molar-refractivity contribution in [3.63, 3.8) is 0 Å². The summed E-state index contributed by atoms with van der Waals surface area (Å²) in [6.07, 6.45) is 3.13. The first-order chi connectivity index (χ1) is 8.67. The molecular formula is C13H21ClN2O2S. The van der Waals surface area contributed by atoms with Gasteiger partial charge in [-0.05, 0) is 36.1 Å². The van der Waals surface area contributed by atoms with Crippen LogP contribution in [0.4, 0.5) is 5.69 Å². The number of hydrogen-bond acceptors (Lipinski definition) is 4. The number of carbonyl (C=O) groups excluding carboxylic acids is 1. The molecule has 0 aliphatic carbocycles. The Morgan fingerprint density at radius 1 is 1.42 bits per heavy atom.